The highest BCUT2D eigenvalue weighted by atomic mass is 16.5. The molecule has 0 fully saturated rings. The minimum atomic E-state index is 0.0281. The van der Waals surface area contributed by atoms with Crippen LogP contribution in [0.1, 0.15) is 23.0 Å². The van der Waals surface area contributed by atoms with Gasteiger partial charge in [-0.1, -0.05) is 0 Å². The minimum absolute atomic E-state index is 0.0281. The van der Waals surface area contributed by atoms with Crippen molar-refractivity contribution in [2.45, 2.75) is 19.9 Å². The van der Waals surface area contributed by atoms with Crippen molar-refractivity contribution in [3.63, 3.8) is 0 Å². The van der Waals surface area contributed by atoms with Crippen LogP contribution in [-0.4, -0.2) is 18.7 Å². The van der Waals surface area contributed by atoms with Gasteiger partial charge >= 0.3 is 0 Å². The van der Waals surface area contributed by atoms with E-state index in [1.807, 2.05) is 26.0 Å². The van der Waals surface area contributed by atoms with Gasteiger partial charge in [-0.25, -0.2) is 0 Å². The number of aryl methyl sites for hydroxylation is 2. The van der Waals surface area contributed by atoms with Crippen LogP contribution in [0.2, 0.25) is 0 Å². The summed E-state index contributed by atoms with van der Waals surface area (Å²) in [5, 5.41) is 0. The summed E-state index contributed by atoms with van der Waals surface area (Å²) >= 11 is 0. The molecule has 0 amide bonds. The van der Waals surface area contributed by atoms with Gasteiger partial charge < -0.3 is 4.74 Å². The lowest BCUT2D eigenvalue weighted by Crippen LogP contribution is -2.31. The van der Waals surface area contributed by atoms with Gasteiger partial charge in [-0.2, -0.15) is 0 Å². The highest BCUT2D eigenvalue weighted by Gasteiger charge is 2.09. The Hall–Kier alpha value is -0.970. The molecule has 0 aromatic carbocycles. The fourth-order valence-corrected chi connectivity index (χ4v) is 1.48. The number of hydrazine groups is 1. The molecule has 1 atom stereocenters. The average molecular weight is 195 g/mol. The van der Waals surface area contributed by atoms with E-state index < -0.39 is 0 Å². The maximum absolute atomic E-state index is 5.44. The Kier molecular flexibility index (Phi) is 4.00. The van der Waals surface area contributed by atoms with Crippen molar-refractivity contribution in [3.8, 4) is 0 Å². The van der Waals surface area contributed by atoms with Crippen LogP contribution < -0.4 is 11.3 Å². The summed E-state index contributed by atoms with van der Waals surface area (Å²) in [5.74, 6) is 5.44. The maximum Gasteiger partial charge on any atom is 0.0695 e. The summed E-state index contributed by atoms with van der Waals surface area (Å²) in [7, 11) is 1.66. The molecular formula is C10H17N3O. The molecule has 0 aliphatic carbocycles. The van der Waals surface area contributed by atoms with E-state index in [-0.39, 0.29) is 6.04 Å². The fraction of sp³-hybridized carbons (Fsp3) is 0.500. The van der Waals surface area contributed by atoms with E-state index in [0.29, 0.717) is 6.61 Å². The zero-order chi connectivity index (χ0) is 10.6. The van der Waals surface area contributed by atoms with E-state index in [1.54, 1.807) is 7.11 Å². The molecule has 1 unspecified atom stereocenters. The predicted octanol–water partition coefficient (Wildman–Crippen LogP) is 0.849. The molecule has 0 spiro atoms. The second-order valence-electron chi connectivity index (χ2n) is 3.36. The SMILES string of the molecule is COCC(NN)c1cc(C)nc(C)c1. The van der Waals surface area contributed by atoms with Gasteiger partial charge in [-0.15, -0.1) is 0 Å². The lowest BCUT2D eigenvalue weighted by atomic mass is 10.1. The van der Waals surface area contributed by atoms with Gasteiger partial charge in [0.25, 0.3) is 0 Å². The molecule has 0 saturated heterocycles. The van der Waals surface area contributed by atoms with Crippen molar-refractivity contribution in [3.05, 3.63) is 29.1 Å². The summed E-state index contributed by atoms with van der Waals surface area (Å²) in [5.41, 5.74) is 5.82. The molecule has 78 valence electrons. The molecule has 14 heavy (non-hydrogen) atoms. The number of pyridine rings is 1. The maximum atomic E-state index is 5.44. The topological polar surface area (TPSA) is 60.2 Å². The molecular weight excluding hydrogens is 178 g/mol. The van der Waals surface area contributed by atoms with Crippen LogP contribution in [0.3, 0.4) is 0 Å². The number of hydrogen-bond acceptors (Lipinski definition) is 4. The van der Waals surface area contributed by atoms with Crippen LogP contribution in [0.15, 0.2) is 12.1 Å². The summed E-state index contributed by atoms with van der Waals surface area (Å²) in [6.07, 6.45) is 0. The van der Waals surface area contributed by atoms with Crippen LogP contribution >= 0.6 is 0 Å². The Labute approximate surface area is 84.4 Å². The molecule has 1 aromatic rings. The second-order valence-corrected chi connectivity index (χ2v) is 3.36. The predicted molar refractivity (Wildman–Crippen MR) is 55.7 cm³/mol. The molecule has 1 heterocycles. The third-order valence-corrected chi connectivity index (χ3v) is 2.04. The molecule has 0 aliphatic rings. The minimum Gasteiger partial charge on any atom is -0.383 e. The van der Waals surface area contributed by atoms with Crippen LogP contribution in [0.5, 0.6) is 0 Å². The smallest absolute Gasteiger partial charge is 0.0695 e. The third-order valence-electron chi connectivity index (χ3n) is 2.04. The first-order chi connectivity index (χ1) is 6.67. The molecule has 4 nitrogen and oxygen atoms in total. The van der Waals surface area contributed by atoms with Gasteiger partial charge in [-0.05, 0) is 31.5 Å². The molecule has 0 radical (unpaired) electrons. The van der Waals surface area contributed by atoms with Crippen LogP contribution in [0, 0.1) is 13.8 Å². The molecule has 4 heteroatoms. The normalized spacial score (nSPS) is 12.9. The van der Waals surface area contributed by atoms with E-state index in [4.69, 9.17) is 10.6 Å². The Balaban J connectivity index is 2.91. The molecule has 3 N–H and O–H groups in total. The van der Waals surface area contributed by atoms with Gasteiger partial charge in [0.1, 0.15) is 0 Å². The number of methoxy groups -OCH3 is 1. The number of nitrogens with zero attached hydrogens (tertiary/aromatic N) is 1. The first kappa shape index (κ1) is 11.1. The van der Waals surface area contributed by atoms with Crippen molar-refractivity contribution in [1.82, 2.24) is 10.4 Å². The zero-order valence-electron chi connectivity index (χ0n) is 8.87. The molecule has 1 rings (SSSR count). The van der Waals surface area contributed by atoms with Crippen LogP contribution in [0.4, 0.5) is 0 Å². The summed E-state index contributed by atoms with van der Waals surface area (Å²) in [4.78, 5) is 4.30. The van der Waals surface area contributed by atoms with E-state index in [2.05, 4.69) is 10.4 Å². The Morgan fingerprint density at radius 2 is 2.00 bits per heavy atom. The third kappa shape index (κ3) is 2.77. The first-order valence-electron chi connectivity index (χ1n) is 4.57. The molecule has 0 aliphatic heterocycles. The van der Waals surface area contributed by atoms with E-state index in [0.717, 1.165) is 17.0 Å². The van der Waals surface area contributed by atoms with Crippen molar-refractivity contribution in [2.24, 2.45) is 5.84 Å². The van der Waals surface area contributed by atoms with Crippen LogP contribution in [-0.2, 0) is 4.74 Å². The fourth-order valence-electron chi connectivity index (χ4n) is 1.48. The van der Waals surface area contributed by atoms with Gasteiger partial charge in [0.2, 0.25) is 0 Å². The lowest BCUT2D eigenvalue weighted by molar-refractivity contribution is 0.167. The largest absolute Gasteiger partial charge is 0.383 e. The van der Waals surface area contributed by atoms with E-state index >= 15 is 0 Å². The van der Waals surface area contributed by atoms with Gasteiger partial charge in [0.05, 0.1) is 12.6 Å². The van der Waals surface area contributed by atoms with Crippen molar-refractivity contribution in [1.29, 1.82) is 0 Å². The number of rotatable bonds is 4. The number of hydrogen-bond donors (Lipinski definition) is 2. The highest BCUT2D eigenvalue weighted by molar-refractivity contribution is 5.23. The van der Waals surface area contributed by atoms with Gasteiger partial charge in [0.15, 0.2) is 0 Å². The van der Waals surface area contributed by atoms with Crippen molar-refractivity contribution < 1.29 is 4.74 Å². The molecule has 0 saturated carbocycles. The number of ether oxygens (including phenoxy) is 1. The van der Waals surface area contributed by atoms with Crippen molar-refractivity contribution in [2.75, 3.05) is 13.7 Å². The Morgan fingerprint density at radius 3 is 2.43 bits per heavy atom. The number of aromatic nitrogens is 1. The van der Waals surface area contributed by atoms with E-state index in [9.17, 15) is 0 Å². The summed E-state index contributed by atoms with van der Waals surface area (Å²) < 4.78 is 5.07. The monoisotopic (exact) mass is 195 g/mol. The summed E-state index contributed by atoms with van der Waals surface area (Å²) in [6.45, 7) is 4.49. The zero-order valence-corrected chi connectivity index (χ0v) is 8.87. The molecule has 1 aromatic heterocycles. The standard InChI is InChI=1S/C10H17N3O/c1-7-4-9(5-8(2)12-7)10(13-11)6-14-3/h4-5,10,13H,6,11H2,1-3H3. The van der Waals surface area contributed by atoms with Gasteiger partial charge in [-0.3, -0.25) is 16.3 Å². The Bertz CT molecular complexity index is 281. The first-order valence-corrected chi connectivity index (χ1v) is 4.57. The molecule has 0 bridgehead atoms. The second kappa shape index (κ2) is 5.05. The summed E-state index contributed by atoms with van der Waals surface area (Å²) in [6, 6.07) is 4.05. The highest BCUT2D eigenvalue weighted by Crippen LogP contribution is 2.14. The van der Waals surface area contributed by atoms with E-state index in [1.165, 1.54) is 0 Å². The quantitative estimate of drug-likeness (QED) is 0.552. The average Bonchev–Trinajstić information content (AvgIpc) is 2.12. The number of nitrogens with two attached hydrogens (primary N) is 1. The lowest BCUT2D eigenvalue weighted by Gasteiger charge is -2.16. The number of nitrogens with one attached hydrogen (secondary N) is 1. The van der Waals surface area contributed by atoms with Crippen LogP contribution in [0.25, 0.3) is 0 Å². The van der Waals surface area contributed by atoms with Gasteiger partial charge in [0, 0.05) is 18.5 Å². The van der Waals surface area contributed by atoms with Crippen molar-refractivity contribution >= 4 is 0 Å². The Morgan fingerprint density at radius 1 is 1.43 bits per heavy atom.